The number of hydrogen-bond acceptors (Lipinski definition) is 3. The van der Waals surface area contributed by atoms with E-state index in [2.05, 4.69) is 0 Å². The lowest BCUT2D eigenvalue weighted by Crippen LogP contribution is -2.45. The van der Waals surface area contributed by atoms with Crippen molar-refractivity contribution in [3.05, 3.63) is 28.8 Å². The fraction of sp³-hybridized carbons (Fsp3) is 0.500. The van der Waals surface area contributed by atoms with Gasteiger partial charge in [-0.3, -0.25) is 0 Å². The van der Waals surface area contributed by atoms with Crippen LogP contribution < -0.4 is 10.6 Å². The molecule has 16 heavy (non-hydrogen) atoms. The summed E-state index contributed by atoms with van der Waals surface area (Å²) in [5, 5.41) is 10.0. The van der Waals surface area contributed by atoms with E-state index < -0.39 is 0 Å². The highest BCUT2D eigenvalue weighted by Gasteiger charge is 2.24. The molecule has 4 heteroatoms. The maximum atomic E-state index is 9.35. The van der Waals surface area contributed by atoms with Gasteiger partial charge in [0, 0.05) is 29.9 Å². The van der Waals surface area contributed by atoms with Crippen molar-refractivity contribution in [1.29, 1.82) is 0 Å². The van der Waals surface area contributed by atoms with Crippen LogP contribution >= 0.6 is 11.6 Å². The summed E-state index contributed by atoms with van der Waals surface area (Å²) in [6.45, 7) is 4.39. The predicted octanol–water partition coefficient (Wildman–Crippen LogP) is 2.01. The van der Waals surface area contributed by atoms with Gasteiger partial charge in [-0.25, -0.2) is 0 Å². The smallest absolute Gasteiger partial charge is 0.0658 e. The third kappa shape index (κ3) is 2.48. The number of nitrogens with zero attached hydrogens (tertiary/aromatic N) is 1. The molecule has 1 rings (SSSR count). The van der Waals surface area contributed by atoms with Crippen LogP contribution in [0.3, 0.4) is 0 Å². The lowest BCUT2D eigenvalue weighted by atomic mass is 10.0. The zero-order valence-electron chi connectivity index (χ0n) is 10.00. The molecule has 0 atom stereocenters. The van der Waals surface area contributed by atoms with E-state index in [-0.39, 0.29) is 12.1 Å². The highest BCUT2D eigenvalue weighted by molar-refractivity contribution is 6.31. The van der Waals surface area contributed by atoms with E-state index in [1.54, 1.807) is 0 Å². The van der Waals surface area contributed by atoms with Crippen molar-refractivity contribution in [2.75, 3.05) is 18.6 Å². The van der Waals surface area contributed by atoms with Gasteiger partial charge in [-0.1, -0.05) is 17.7 Å². The summed E-state index contributed by atoms with van der Waals surface area (Å²) in [5.41, 5.74) is 7.24. The second-order valence-electron chi connectivity index (χ2n) is 4.47. The Kier molecular flexibility index (Phi) is 4.19. The minimum atomic E-state index is -0.339. The average Bonchev–Trinajstić information content (AvgIpc) is 2.27. The number of halogens is 1. The molecule has 0 fully saturated rings. The number of likely N-dealkylation sites (N-methyl/N-ethyl adjacent to an activating group) is 1. The van der Waals surface area contributed by atoms with Crippen molar-refractivity contribution in [1.82, 2.24) is 0 Å². The van der Waals surface area contributed by atoms with Crippen LogP contribution in [-0.2, 0) is 6.54 Å². The minimum absolute atomic E-state index is 0.0695. The van der Waals surface area contributed by atoms with Gasteiger partial charge in [0.2, 0.25) is 0 Å². The van der Waals surface area contributed by atoms with E-state index in [0.717, 1.165) is 11.3 Å². The first-order chi connectivity index (χ1) is 7.44. The van der Waals surface area contributed by atoms with Crippen molar-refractivity contribution < 1.29 is 5.11 Å². The largest absolute Gasteiger partial charge is 0.394 e. The fourth-order valence-electron chi connectivity index (χ4n) is 1.50. The van der Waals surface area contributed by atoms with E-state index in [1.165, 1.54) is 0 Å². The first-order valence-electron chi connectivity index (χ1n) is 5.26. The van der Waals surface area contributed by atoms with Crippen LogP contribution in [0.2, 0.25) is 5.02 Å². The van der Waals surface area contributed by atoms with Crippen molar-refractivity contribution in [3.63, 3.8) is 0 Å². The normalized spacial score (nSPS) is 11.6. The number of anilines is 1. The molecule has 0 saturated heterocycles. The van der Waals surface area contributed by atoms with Gasteiger partial charge in [0.15, 0.2) is 0 Å². The fourth-order valence-corrected chi connectivity index (χ4v) is 1.74. The third-order valence-corrected chi connectivity index (χ3v) is 3.31. The second-order valence-corrected chi connectivity index (χ2v) is 4.88. The highest BCUT2D eigenvalue weighted by atomic mass is 35.5. The molecular formula is C12H19ClN2O. The molecule has 0 spiro atoms. The molecule has 1 aromatic rings. The summed E-state index contributed by atoms with van der Waals surface area (Å²) < 4.78 is 0. The summed E-state index contributed by atoms with van der Waals surface area (Å²) in [6.07, 6.45) is 0. The summed E-state index contributed by atoms with van der Waals surface area (Å²) in [6, 6.07) is 5.68. The standard InChI is InChI=1S/C12H19ClN2O/c1-12(2,8-16)15(3)11-6-4-5-10(13)9(11)7-14/h4-6,16H,7-8,14H2,1-3H3. The lowest BCUT2D eigenvalue weighted by molar-refractivity contribution is 0.216. The van der Waals surface area contributed by atoms with Crippen LogP contribution in [0.25, 0.3) is 0 Å². The van der Waals surface area contributed by atoms with Gasteiger partial charge in [-0.2, -0.15) is 0 Å². The van der Waals surface area contributed by atoms with Gasteiger partial charge in [0.05, 0.1) is 12.1 Å². The highest BCUT2D eigenvalue weighted by Crippen LogP contribution is 2.30. The molecular weight excluding hydrogens is 224 g/mol. The van der Waals surface area contributed by atoms with Gasteiger partial charge >= 0.3 is 0 Å². The second kappa shape index (κ2) is 5.04. The number of aliphatic hydroxyl groups is 1. The molecule has 0 saturated carbocycles. The van der Waals surface area contributed by atoms with Gasteiger partial charge in [0.1, 0.15) is 0 Å². The molecule has 1 aromatic carbocycles. The van der Waals surface area contributed by atoms with Gasteiger partial charge in [0.25, 0.3) is 0 Å². The summed E-state index contributed by atoms with van der Waals surface area (Å²) >= 11 is 6.10. The van der Waals surface area contributed by atoms with Gasteiger partial charge in [-0.15, -0.1) is 0 Å². The molecule has 0 bridgehead atoms. The van der Waals surface area contributed by atoms with Crippen LogP contribution in [0, 0.1) is 0 Å². The summed E-state index contributed by atoms with van der Waals surface area (Å²) in [5.74, 6) is 0. The number of rotatable bonds is 4. The zero-order valence-corrected chi connectivity index (χ0v) is 10.8. The Morgan fingerprint density at radius 3 is 2.56 bits per heavy atom. The van der Waals surface area contributed by atoms with Crippen LogP contribution in [0.4, 0.5) is 5.69 Å². The van der Waals surface area contributed by atoms with E-state index in [9.17, 15) is 5.11 Å². The molecule has 0 aliphatic rings. The molecule has 0 aromatic heterocycles. The Morgan fingerprint density at radius 1 is 1.44 bits per heavy atom. The van der Waals surface area contributed by atoms with Crippen molar-refractivity contribution >= 4 is 17.3 Å². The van der Waals surface area contributed by atoms with E-state index in [0.29, 0.717) is 11.6 Å². The molecule has 3 N–H and O–H groups in total. The van der Waals surface area contributed by atoms with E-state index in [4.69, 9.17) is 17.3 Å². The molecule has 0 heterocycles. The van der Waals surface area contributed by atoms with E-state index >= 15 is 0 Å². The number of aliphatic hydroxyl groups excluding tert-OH is 1. The molecule has 0 aliphatic carbocycles. The minimum Gasteiger partial charge on any atom is -0.394 e. The number of nitrogens with two attached hydrogens (primary N) is 1. The van der Waals surface area contributed by atoms with Crippen molar-refractivity contribution in [3.8, 4) is 0 Å². The van der Waals surface area contributed by atoms with Crippen molar-refractivity contribution in [2.24, 2.45) is 5.73 Å². The molecule has 0 unspecified atom stereocenters. The molecule has 0 amide bonds. The predicted molar refractivity (Wildman–Crippen MR) is 68.9 cm³/mol. The Bertz CT molecular complexity index is 366. The topological polar surface area (TPSA) is 49.5 Å². The lowest BCUT2D eigenvalue weighted by Gasteiger charge is -2.37. The number of hydrogen-bond donors (Lipinski definition) is 2. The van der Waals surface area contributed by atoms with Crippen LogP contribution in [0.15, 0.2) is 18.2 Å². The maximum Gasteiger partial charge on any atom is 0.0658 e. The first-order valence-corrected chi connectivity index (χ1v) is 5.64. The summed E-state index contributed by atoms with van der Waals surface area (Å²) in [7, 11) is 1.93. The maximum absolute atomic E-state index is 9.35. The molecule has 3 nitrogen and oxygen atoms in total. The van der Waals surface area contributed by atoms with Gasteiger partial charge in [-0.05, 0) is 26.0 Å². The van der Waals surface area contributed by atoms with Crippen LogP contribution in [-0.4, -0.2) is 24.3 Å². The Hall–Kier alpha value is -0.770. The third-order valence-electron chi connectivity index (χ3n) is 2.95. The SMILES string of the molecule is CN(c1cccc(Cl)c1CN)C(C)(C)CO. The summed E-state index contributed by atoms with van der Waals surface area (Å²) in [4.78, 5) is 2.00. The quantitative estimate of drug-likeness (QED) is 0.849. The van der Waals surface area contributed by atoms with E-state index in [1.807, 2.05) is 44.0 Å². The average molecular weight is 243 g/mol. The zero-order chi connectivity index (χ0) is 12.3. The Labute approximate surface area is 102 Å². The first kappa shape index (κ1) is 13.3. The molecule has 0 aliphatic heterocycles. The van der Waals surface area contributed by atoms with Crippen LogP contribution in [0.5, 0.6) is 0 Å². The van der Waals surface area contributed by atoms with Gasteiger partial charge < -0.3 is 15.7 Å². The Balaban J connectivity index is 3.18. The molecule has 0 radical (unpaired) electrons. The van der Waals surface area contributed by atoms with Crippen molar-refractivity contribution in [2.45, 2.75) is 25.9 Å². The molecule has 90 valence electrons. The Morgan fingerprint density at radius 2 is 2.06 bits per heavy atom. The monoisotopic (exact) mass is 242 g/mol. The number of benzene rings is 1. The van der Waals surface area contributed by atoms with Crippen LogP contribution in [0.1, 0.15) is 19.4 Å².